The molecule has 2 nitrogen and oxygen atoms in total. The van der Waals surface area contributed by atoms with Gasteiger partial charge in [-0.3, -0.25) is 0 Å². The van der Waals surface area contributed by atoms with Crippen molar-refractivity contribution in [3.8, 4) is 0 Å². The minimum Gasteiger partial charge on any atom is -0.413 e. The van der Waals surface area contributed by atoms with Crippen molar-refractivity contribution in [3.05, 3.63) is 0 Å². The fourth-order valence-electron chi connectivity index (χ4n) is 2.57. The lowest BCUT2D eigenvalue weighted by atomic mass is 10.0. The molecule has 0 aliphatic heterocycles. The maximum Gasteiger partial charge on any atom is 0.192 e. The van der Waals surface area contributed by atoms with E-state index in [1.165, 1.54) is 6.42 Å². The highest BCUT2D eigenvalue weighted by Gasteiger charge is 2.56. The Kier molecular flexibility index (Phi) is 2.82. The highest BCUT2D eigenvalue weighted by Crippen LogP contribution is 2.56. The SMILES string of the molecule is CC(C)(C)[Si](C)(C)O[C@H]1C2CC2C[C@H]1C=O. The Balaban J connectivity index is 2.06. The van der Waals surface area contributed by atoms with E-state index in [-0.39, 0.29) is 17.1 Å². The number of hydrogen-bond donors (Lipinski definition) is 0. The molecule has 2 rings (SSSR count). The quantitative estimate of drug-likeness (QED) is 0.559. The zero-order valence-electron chi connectivity index (χ0n) is 11.1. The van der Waals surface area contributed by atoms with Gasteiger partial charge in [0.1, 0.15) is 6.29 Å². The van der Waals surface area contributed by atoms with Crippen LogP contribution in [-0.2, 0) is 9.22 Å². The maximum atomic E-state index is 11.1. The Labute approximate surface area is 99.9 Å². The number of rotatable bonds is 3. The molecule has 0 radical (unpaired) electrons. The molecule has 92 valence electrons. The molecule has 4 atom stereocenters. The Morgan fingerprint density at radius 2 is 1.88 bits per heavy atom. The summed E-state index contributed by atoms with van der Waals surface area (Å²) in [6.45, 7) is 11.3. The molecule has 16 heavy (non-hydrogen) atoms. The van der Waals surface area contributed by atoms with Crippen molar-refractivity contribution in [2.75, 3.05) is 0 Å². The molecular weight excluding hydrogens is 216 g/mol. The van der Waals surface area contributed by atoms with Gasteiger partial charge in [0, 0.05) is 5.92 Å². The minimum atomic E-state index is -1.70. The van der Waals surface area contributed by atoms with E-state index in [2.05, 4.69) is 33.9 Å². The molecule has 0 spiro atoms. The third kappa shape index (κ3) is 1.99. The summed E-state index contributed by atoms with van der Waals surface area (Å²) in [6.07, 6.45) is 3.74. The van der Waals surface area contributed by atoms with Gasteiger partial charge >= 0.3 is 0 Å². The first-order valence-electron chi connectivity index (χ1n) is 6.39. The predicted molar refractivity (Wildman–Crippen MR) is 67.8 cm³/mol. The topological polar surface area (TPSA) is 26.3 Å². The van der Waals surface area contributed by atoms with Crippen molar-refractivity contribution >= 4 is 14.6 Å². The number of fused-ring (bicyclic) bond motifs is 1. The lowest BCUT2D eigenvalue weighted by Crippen LogP contribution is -2.45. The smallest absolute Gasteiger partial charge is 0.192 e. The van der Waals surface area contributed by atoms with Crippen LogP contribution >= 0.6 is 0 Å². The molecular formula is C13H24O2Si. The third-order valence-corrected chi connectivity index (χ3v) is 9.28. The molecule has 2 fully saturated rings. The van der Waals surface area contributed by atoms with E-state index in [1.807, 2.05) is 0 Å². The largest absolute Gasteiger partial charge is 0.413 e. The summed E-state index contributed by atoms with van der Waals surface area (Å²) in [6, 6.07) is 0. The van der Waals surface area contributed by atoms with Gasteiger partial charge in [-0.1, -0.05) is 20.8 Å². The first-order valence-corrected chi connectivity index (χ1v) is 9.30. The fraction of sp³-hybridized carbons (Fsp3) is 0.923. The standard InChI is InChI=1S/C13H24O2Si/c1-13(2,3)16(4,5)15-12-10(8-14)6-9-7-11(9)12/h8-12H,6-7H2,1-5H3/t9?,10-,11?,12+/m0/s1. The van der Waals surface area contributed by atoms with E-state index in [1.54, 1.807) is 0 Å². The van der Waals surface area contributed by atoms with Crippen LogP contribution < -0.4 is 0 Å². The van der Waals surface area contributed by atoms with Crippen LogP contribution in [0.1, 0.15) is 33.6 Å². The van der Waals surface area contributed by atoms with Gasteiger partial charge in [0.2, 0.25) is 0 Å². The van der Waals surface area contributed by atoms with Gasteiger partial charge in [-0.2, -0.15) is 0 Å². The predicted octanol–water partition coefficient (Wildman–Crippen LogP) is 3.23. The number of carbonyl (C=O) groups is 1. The van der Waals surface area contributed by atoms with Crippen LogP contribution in [0.2, 0.25) is 18.1 Å². The molecule has 0 aromatic rings. The lowest BCUT2D eigenvalue weighted by Gasteiger charge is -2.39. The fourth-order valence-corrected chi connectivity index (χ4v) is 3.95. The number of carbonyl (C=O) groups excluding carboxylic acids is 1. The number of aldehydes is 1. The monoisotopic (exact) mass is 240 g/mol. The lowest BCUT2D eigenvalue weighted by molar-refractivity contribution is -0.113. The van der Waals surface area contributed by atoms with E-state index < -0.39 is 8.32 Å². The second kappa shape index (κ2) is 3.67. The van der Waals surface area contributed by atoms with Crippen LogP contribution in [0.25, 0.3) is 0 Å². The molecule has 3 heteroatoms. The van der Waals surface area contributed by atoms with Crippen LogP contribution in [0.3, 0.4) is 0 Å². The average molecular weight is 240 g/mol. The van der Waals surface area contributed by atoms with Gasteiger partial charge in [-0.25, -0.2) is 0 Å². The Hall–Kier alpha value is -0.153. The summed E-state index contributed by atoms with van der Waals surface area (Å²) in [5.74, 6) is 1.67. The van der Waals surface area contributed by atoms with Crippen LogP contribution in [0, 0.1) is 17.8 Å². The van der Waals surface area contributed by atoms with Crippen LogP contribution in [0.5, 0.6) is 0 Å². The van der Waals surface area contributed by atoms with Crippen molar-refractivity contribution in [3.63, 3.8) is 0 Å². The zero-order valence-corrected chi connectivity index (χ0v) is 12.1. The summed E-state index contributed by atoms with van der Waals surface area (Å²) in [7, 11) is -1.70. The molecule has 0 aromatic heterocycles. The summed E-state index contributed by atoms with van der Waals surface area (Å²) in [5, 5.41) is 0.243. The van der Waals surface area contributed by atoms with Crippen molar-refractivity contribution < 1.29 is 9.22 Å². The molecule has 0 bridgehead atoms. The normalized spacial score (nSPS) is 38.3. The maximum absolute atomic E-state index is 11.1. The van der Waals surface area contributed by atoms with Gasteiger partial charge in [0.25, 0.3) is 0 Å². The molecule has 2 aliphatic carbocycles. The highest BCUT2D eigenvalue weighted by molar-refractivity contribution is 6.74. The minimum absolute atomic E-state index is 0.179. The van der Waals surface area contributed by atoms with Crippen molar-refractivity contribution in [2.24, 2.45) is 17.8 Å². The Morgan fingerprint density at radius 1 is 1.25 bits per heavy atom. The second-order valence-corrected chi connectivity index (χ2v) is 11.8. The average Bonchev–Trinajstić information content (AvgIpc) is 2.82. The van der Waals surface area contributed by atoms with E-state index in [0.29, 0.717) is 5.92 Å². The molecule has 2 unspecified atom stereocenters. The Morgan fingerprint density at radius 3 is 2.38 bits per heavy atom. The number of hydrogen-bond acceptors (Lipinski definition) is 2. The van der Waals surface area contributed by atoms with Crippen LogP contribution in [0.4, 0.5) is 0 Å². The van der Waals surface area contributed by atoms with E-state index in [0.717, 1.165) is 18.6 Å². The third-order valence-electron chi connectivity index (χ3n) is 4.81. The Bertz CT molecular complexity index is 293. The summed E-state index contributed by atoms with van der Waals surface area (Å²) >= 11 is 0. The van der Waals surface area contributed by atoms with E-state index >= 15 is 0 Å². The van der Waals surface area contributed by atoms with Crippen LogP contribution in [0.15, 0.2) is 0 Å². The molecule has 2 saturated carbocycles. The highest BCUT2D eigenvalue weighted by atomic mass is 28.4. The van der Waals surface area contributed by atoms with Gasteiger partial charge < -0.3 is 9.22 Å². The summed E-state index contributed by atoms with van der Waals surface area (Å²) in [4.78, 5) is 11.1. The molecule has 0 heterocycles. The van der Waals surface area contributed by atoms with Crippen LogP contribution in [-0.4, -0.2) is 20.7 Å². The van der Waals surface area contributed by atoms with Gasteiger partial charge in [-0.15, -0.1) is 0 Å². The van der Waals surface area contributed by atoms with Gasteiger partial charge in [0.15, 0.2) is 8.32 Å². The van der Waals surface area contributed by atoms with Gasteiger partial charge in [0.05, 0.1) is 6.10 Å². The molecule has 0 amide bonds. The first kappa shape index (κ1) is 12.3. The summed E-state index contributed by atoms with van der Waals surface area (Å²) < 4.78 is 6.43. The second-order valence-electron chi connectivity index (χ2n) is 7.04. The zero-order chi connectivity index (χ0) is 12.1. The van der Waals surface area contributed by atoms with E-state index in [9.17, 15) is 4.79 Å². The van der Waals surface area contributed by atoms with Crippen molar-refractivity contribution in [1.29, 1.82) is 0 Å². The van der Waals surface area contributed by atoms with Crippen molar-refractivity contribution in [1.82, 2.24) is 0 Å². The molecule has 0 aromatic carbocycles. The summed E-state index contributed by atoms with van der Waals surface area (Å²) in [5.41, 5.74) is 0. The molecule has 2 aliphatic rings. The van der Waals surface area contributed by atoms with Crippen molar-refractivity contribution in [2.45, 2.75) is 57.8 Å². The molecule has 0 N–H and O–H groups in total. The van der Waals surface area contributed by atoms with E-state index in [4.69, 9.17) is 4.43 Å². The molecule has 0 saturated heterocycles. The first-order chi connectivity index (χ1) is 7.26. The van der Waals surface area contributed by atoms with Gasteiger partial charge in [-0.05, 0) is 42.8 Å².